The molecule has 0 atom stereocenters. The van der Waals surface area contributed by atoms with Crippen LogP contribution in [0, 0.1) is 5.92 Å². The van der Waals surface area contributed by atoms with Gasteiger partial charge >= 0.3 is 0 Å². The Bertz CT molecular complexity index is 502. The lowest BCUT2D eigenvalue weighted by Gasteiger charge is -2.06. The molecule has 82 valence electrons. The molecule has 0 saturated heterocycles. The second kappa shape index (κ2) is 4.01. The third-order valence-corrected chi connectivity index (χ3v) is 3.26. The second-order valence-corrected chi connectivity index (χ2v) is 5.15. The molecule has 0 amide bonds. The Kier molecular flexibility index (Phi) is 2.52. The predicted molar refractivity (Wildman–Crippen MR) is 65.9 cm³/mol. The summed E-state index contributed by atoms with van der Waals surface area (Å²) >= 11 is 3.44. The molecule has 0 unspecified atom stereocenters. The van der Waals surface area contributed by atoms with Crippen molar-refractivity contribution in [1.82, 2.24) is 14.5 Å². The summed E-state index contributed by atoms with van der Waals surface area (Å²) in [5.41, 5.74) is 1.07. The first kappa shape index (κ1) is 10.0. The van der Waals surface area contributed by atoms with Crippen molar-refractivity contribution in [1.29, 1.82) is 0 Å². The number of nitrogens with zero attached hydrogens (tertiary/aromatic N) is 3. The standard InChI is InChI=1S/C12H12BrN3/c13-11-5-10(6-14-7-11)12-15-3-4-16(12)8-9-1-2-9/h3-7,9H,1-2,8H2. The van der Waals surface area contributed by atoms with Crippen LogP contribution >= 0.6 is 15.9 Å². The second-order valence-electron chi connectivity index (χ2n) is 4.24. The molecule has 1 aliphatic rings. The van der Waals surface area contributed by atoms with Gasteiger partial charge in [-0.2, -0.15) is 0 Å². The van der Waals surface area contributed by atoms with E-state index in [4.69, 9.17) is 0 Å². The van der Waals surface area contributed by atoms with E-state index in [0.717, 1.165) is 28.3 Å². The SMILES string of the molecule is Brc1cncc(-c2nccn2CC2CC2)c1. The molecule has 2 heterocycles. The van der Waals surface area contributed by atoms with Crippen molar-refractivity contribution in [3.8, 4) is 11.4 Å². The fraction of sp³-hybridized carbons (Fsp3) is 0.333. The summed E-state index contributed by atoms with van der Waals surface area (Å²) in [6, 6.07) is 2.05. The van der Waals surface area contributed by atoms with E-state index in [9.17, 15) is 0 Å². The van der Waals surface area contributed by atoms with Gasteiger partial charge in [0, 0.05) is 41.4 Å². The predicted octanol–water partition coefficient (Wildman–Crippen LogP) is 3.12. The topological polar surface area (TPSA) is 30.7 Å². The van der Waals surface area contributed by atoms with Crippen LogP contribution < -0.4 is 0 Å². The van der Waals surface area contributed by atoms with E-state index in [1.165, 1.54) is 12.8 Å². The monoisotopic (exact) mass is 277 g/mol. The van der Waals surface area contributed by atoms with Gasteiger partial charge in [-0.1, -0.05) is 0 Å². The first-order valence-corrected chi connectivity index (χ1v) is 6.24. The summed E-state index contributed by atoms with van der Waals surface area (Å²) in [7, 11) is 0. The van der Waals surface area contributed by atoms with E-state index in [1.54, 1.807) is 6.20 Å². The molecule has 3 rings (SSSR count). The normalized spacial score (nSPS) is 15.3. The van der Waals surface area contributed by atoms with Crippen molar-refractivity contribution in [2.45, 2.75) is 19.4 Å². The number of imidazole rings is 1. The van der Waals surface area contributed by atoms with E-state index in [0.29, 0.717) is 0 Å². The van der Waals surface area contributed by atoms with Crippen LogP contribution in [0.15, 0.2) is 35.3 Å². The van der Waals surface area contributed by atoms with Crippen LogP contribution in [0.25, 0.3) is 11.4 Å². The first-order valence-electron chi connectivity index (χ1n) is 5.45. The van der Waals surface area contributed by atoms with Crippen LogP contribution in [0.1, 0.15) is 12.8 Å². The summed E-state index contributed by atoms with van der Waals surface area (Å²) in [5, 5.41) is 0. The van der Waals surface area contributed by atoms with E-state index in [2.05, 4.69) is 42.7 Å². The van der Waals surface area contributed by atoms with Gasteiger partial charge in [-0.25, -0.2) is 4.98 Å². The highest BCUT2D eigenvalue weighted by atomic mass is 79.9. The van der Waals surface area contributed by atoms with Crippen molar-refractivity contribution < 1.29 is 0 Å². The van der Waals surface area contributed by atoms with E-state index < -0.39 is 0 Å². The van der Waals surface area contributed by atoms with Crippen molar-refractivity contribution in [2.75, 3.05) is 0 Å². The number of rotatable bonds is 3. The minimum atomic E-state index is 0.855. The molecule has 2 aromatic heterocycles. The van der Waals surface area contributed by atoms with Crippen molar-refractivity contribution in [3.63, 3.8) is 0 Å². The van der Waals surface area contributed by atoms with Crippen molar-refractivity contribution in [3.05, 3.63) is 35.3 Å². The zero-order valence-electron chi connectivity index (χ0n) is 8.81. The van der Waals surface area contributed by atoms with Gasteiger partial charge in [0.05, 0.1) is 0 Å². The number of hydrogen-bond acceptors (Lipinski definition) is 2. The van der Waals surface area contributed by atoms with Crippen molar-refractivity contribution in [2.24, 2.45) is 5.92 Å². The molecular formula is C12H12BrN3. The Hall–Kier alpha value is -1.16. The lowest BCUT2D eigenvalue weighted by atomic mass is 10.2. The molecule has 1 aliphatic carbocycles. The highest BCUT2D eigenvalue weighted by Gasteiger charge is 2.22. The first-order chi connectivity index (χ1) is 7.83. The molecule has 2 aromatic rings. The van der Waals surface area contributed by atoms with Gasteiger partial charge in [0.25, 0.3) is 0 Å². The molecule has 3 nitrogen and oxygen atoms in total. The minimum Gasteiger partial charge on any atom is -0.331 e. The van der Waals surface area contributed by atoms with Gasteiger partial charge in [-0.3, -0.25) is 4.98 Å². The number of halogens is 1. The molecular weight excluding hydrogens is 266 g/mol. The summed E-state index contributed by atoms with van der Waals surface area (Å²) in [5.74, 6) is 1.87. The molecule has 0 N–H and O–H groups in total. The van der Waals surface area contributed by atoms with Crippen LogP contribution in [0.4, 0.5) is 0 Å². The zero-order chi connectivity index (χ0) is 11.0. The Labute approximate surface area is 103 Å². The third-order valence-electron chi connectivity index (χ3n) is 2.83. The molecule has 0 radical (unpaired) electrons. The van der Waals surface area contributed by atoms with E-state index in [1.807, 2.05) is 12.4 Å². The zero-order valence-corrected chi connectivity index (χ0v) is 10.4. The molecule has 1 saturated carbocycles. The fourth-order valence-corrected chi connectivity index (χ4v) is 2.19. The quantitative estimate of drug-likeness (QED) is 0.863. The lowest BCUT2D eigenvalue weighted by Crippen LogP contribution is -2.01. The minimum absolute atomic E-state index is 0.855. The molecule has 0 aromatic carbocycles. The Morgan fingerprint density at radius 2 is 2.25 bits per heavy atom. The Morgan fingerprint density at radius 3 is 3.00 bits per heavy atom. The lowest BCUT2D eigenvalue weighted by molar-refractivity contribution is 0.632. The molecule has 4 heteroatoms. The summed E-state index contributed by atoms with van der Waals surface area (Å²) in [6.07, 6.45) is 10.3. The molecule has 0 bridgehead atoms. The molecule has 1 fully saturated rings. The van der Waals surface area contributed by atoms with Crippen LogP contribution in [0.5, 0.6) is 0 Å². The molecule has 16 heavy (non-hydrogen) atoms. The average molecular weight is 278 g/mol. The number of aromatic nitrogens is 3. The number of pyridine rings is 1. The third kappa shape index (κ3) is 2.02. The van der Waals surface area contributed by atoms with Gasteiger partial charge in [-0.05, 0) is 40.8 Å². The fourth-order valence-electron chi connectivity index (χ4n) is 1.83. The summed E-state index contributed by atoms with van der Waals surface area (Å²) < 4.78 is 3.21. The van der Waals surface area contributed by atoms with Crippen LogP contribution in [0.2, 0.25) is 0 Å². The summed E-state index contributed by atoms with van der Waals surface area (Å²) in [6.45, 7) is 1.09. The molecule has 0 spiro atoms. The Morgan fingerprint density at radius 1 is 1.38 bits per heavy atom. The number of hydrogen-bond donors (Lipinski definition) is 0. The highest BCUT2D eigenvalue weighted by molar-refractivity contribution is 9.10. The van der Waals surface area contributed by atoms with Crippen LogP contribution in [0.3, 0.4) is 0 Å². The maximum Gasteiger partial charge on any atom is 0.141 e. The maximum atomic E-state index is 4.41. The van der Waals surface area contributed by atoms with Crippen LogP contribution in [-0.4, -0.2) is 14.5 Å². The largest absolute Gasteiger partial charge is 0.331 e. The summed E-state index contributed by atoms with van der Waals surface area (Å²) in [4.78, 5) is 8.59. The van der Waals surface area contributed by atoms with Gasteiger partial charge in [0.15, 0.2) is 0 Å². The van der Waals surface area contributed by atoms with Gasteiger partial charge in [0.2, 0.25) is 0 Å². The molecule has 0 aliphatic heterocycles. The van der Waals surface area contributed by atoms with Gasteiger partial charge < -0.3 is 4.57 Å². The highest BCUT2D eigenvalue weighted by Crippen LogP contribution is 2.32. The van der Waals surface area contributed by atoms with Crippen LogP contribution in [-0.2, 0) is 6.54 Å². The van der Waals surface area contributed by atoms with E-state index in [-0.39, 0.29) is 0 Å². The van der Waals surface area contributed by atoms with Gasteiger partial charge in [-0.15, -0.1) is 0 Å². The maximum absolute atomic E-state index is 4.41. The smallest absolute Gasteiger partial charge is 0.141 e. The van der Waals surface area contributed by atoms with Gasteiger partial charge in [0.1, 0.15) is 5.82 Å². The van der Waals surface area contributed by atoms with E-state index >= 15 is 0 Å². The average Bonchev–Trinajstić information content (AvgIpc) is 2.95. The Balaban J connectivity index is 1.95. The van der Waals surface area contributed by atoms with Crippen molar-refractivity contribution >= 4 is 15.9 Å².